The molecular formula is C20H19ClN2O2S. The molecule has 0 spiro atoms. The summed E-state index contributed by atoms with van der Waals surface area (Å²) in [6, 6.07) is 14.1. The van der Waals surface area contributed by atoms with Crippen molar-refractivity contribution in [1.82, 2.24) is 10.2 Å². The third-order valence-corrected chi connectivity index (χ3v) is 5.55. The van der Waals surface area contributed by atoms with Gasteiger partial charge < -0.3 is 9.15 Å². The molecule has 0 bridgehead atoms. The van der Waals surface area contributed by atoms with Crippen LogP contribution >= 0.6 is 23.4 Å². The van der Waals surface area contributed by atoms with Crippen LogP contribution in [0.4, 0.5) is 0 Å². The van der Waals surface area contributed by atoms with Gasteiger partial charge in [-0.3, -0.25) is 0 Å². The van der Waals surface area contributed by atoms with Crippen molar-refractivity contribution in [2.45, 2.75) is 43.3 Å². The van der Waals surface area contributed by atoms with Crippen LogP contribution in [0.25, 0.3) is 0 Å². The molecule has 1 aromatic heterocycles. The number of aryl methyl sites for hydroxylation is 2. The van der Waals surface area contributed by atoms with Gasteiger partial charge in [0.15, 0.2) is 6.61 Å². The summed E-state index contributed by atoms with van der Waals surface area (Å²) in [7, 11) is 0. The van der Waals surface area contributed by atoms with Crippen LogP contribution in [0.1, 0.15) is 35.4 Å². The molecule has 1 heterocycles. The van der Waals surface area contributed by atoms with Crippen LogP contribution in [-0.4, -0.2) is 10.2 Å². The largest absolute Gasteiger partial charge is 0.484 e. The fourth-order valence-corrected chi connectivity index (χ4v) is 3.89. The summed E-state index contributed by atoms with van der Waals surface area (Å²) >= 11 is 7.40. The Hall–Kier alpha value is -1.98. The molecule has 0 saturated heterocycles. The maximum Gasteiger partial charge on any atom is 0.277 e. The number of nitrogens with zero attached hydrogens (tertiary/aromatic N) is 2. The molecule has 0 amide bonds. The first-order valence-corrected chi connectivity index (χ1v) is 10.1. The Morgan fingerprint density at radius 1 is 1.00 bits per heavy atom. The number of rotatable bonds is 6. The van der Waals surface area contributed by atoms with E-state index >= 15 is 0 Å². The normalized spacial score (nSPS) is 13.4. The molecule has 4 rings (SSSR count). The van der Waals surface area contributed by atoms with Crippen molar-refractivity contribution >= 4 is 23.4 Å². The number of halogens is 1. The number of thioether (sulfide) groups is 1. The Labute approximate surface area is 161 Å². The molecule has 1 aliphatic rings. The molecule has 1 aliphatic carbocycles. The van der Waals surface area contributed by atoms with E-state index in [-0.39, 0.29) is 6.61 Å². The van der Waals surface area contributed by atoms with Crippen LogP contribution in [0.5, 0.6) is 5.75 Å². The molecule has 6 heteroatoms. The van der Waals surface area contributed by atoms with Crippen LogP contribution in [0.2, 0.25) is 5.02 Å². The van der Waals surface area contributed by atoms with Gasteiger partial charge in [-0.15, -0.1) is 10.2 Å². The van der Waals surface area contributed by atoms with Crippen LogP contribution < -0.4 is 4.74 Å². The van der Waals surface area contributed by atoms with E-state index in [1.807, 2.05) is 30.3 Å². The van der Waals surface area contributed by atoms with Crippen LogP contribution in [0.15, 0.2) is 52.1 Å². The topological polar surface area (TPSA) is 48.2 Å². The minimum Gasteiger partial charge on any atom is -0.484 e. The molecule has 0 radical (unpaired) electrons. The zero-order chi connectivity index (χ0) is 17.8. The molecule has 0 unspecified atom stereocenters. The van der Waals surface area contributed by atoms with Crippen molar-refractivity contribution in [3.63, 3.8) is 0 Å². The summed E-state index contributed by atoms with van der Waals surface area (Å²) in [6.45, 7) is 0.285. The fourth-order valence-electron chi connectivity index (χ4n) is 3.03. The van der Waals surface area contributed by atoms with Crippen molar-refractivity contribution in [3.8, 4) is 5.75 Å². The number of benzene rings is 2. The second-order valence-electron chi connectivity index (χ2n) is 6.30. The van der Waals surface area contributed by atoms with Crippen molar-refractivity contribution in [3.05, 3.63) is 70.1 Å². The molecule has 26 heavy (non-hydrogen) atoms. The minimum absolute atomic E-state index is 0.285. The van der Waals surface area contributed by atoms with Gasteiger partial charge in [-0.05, 0) is 66.6 Å². The first kappa shape index (κ1) is 17.4. The Kier molecular flexibility index (Phi) is 5.46. The molecule has 134 valence electrons. The monoisotopic (exact) mass is 386 g/mol. The van der Waals surface area contributed by atoms with Gasteiger partial charge in [-0.25, -0.2) is 0 Å². The van der Waals surface area contributed by atoms with Crippen molar-refractivity contribution < 1.29 is 9.15 Å². The van der Waals surface area contributed by atoms with E-state index in [0.717, 1.165) is 28.5 Å². The lowest BCUT2D eigenvalue weighted by Gasteiger charge is -2.16. The highest BCUT2D eigenvalue weighted by molar-refractivity contribution is 7.98. The lowest BCUT2D eigenvalue weighted by molar-refractivity contribution is 0.252. The van der Waals surface area contributed by atoms with Gasteiger partial charge in [-0.2, -0.15) is 0 Å². The van der Waals surface area contributed by atoms with Crippen molar-refractivity contribution in [1.29, 1.82) is 0 Å². The first-order chi connectivity index (χ1) is 12.8. The molecule has 0 saturated carbocycles. The van der Waals surface area contributed by atoms with Gasteiger partial charge in [-0.1, -0.05) is 41.6 Å². The maximum absolute atomic E-state index is 5.90. The van der Waals surface area contributed by atoms with Gasteiger partial charge in [0.05, 0.1) is 0 Å². The number of aromatic nitrogens is 2. The number of ether oxygens (including phenoxy) is 1. The van der Waals surface area contributed by atoms with Crippen LogP contribution in [-0.2, 0) is 25.2 Å². The second-order valence-corrected chi connectivity index (χ2v) is 7.67. The Morgan fingerprint density at radius 3 is 2.65 bits per heavy atom. The summed E-state index contributed by atoms with van der Waals surface area (Å²) in [5.41, 5.74) is 4.00. The lowest BCUT2D eigenvalue weighted by Crippen LogP contribution is -2.03. The highest BCUT2D eigenvalue weighted by atomic mass is 35.5. The van der Waals surface area contributed by atoms with Gasteiger partial charge in [0.2, 0.25) is 0 Å². The third kappa shape index (κ3) is 4.40. The van der Waals surface area contributed by atoms with Crippen molar-refractivity contribution in [2.75, 3.05) is 0 Å². The molecular weight excluding hydrogens is 368 g/mol. The van der Waals surface area contributed by atoms with Gasteiger partial charge in [0, 0.05) is 10.8 Å². The predicted molar refractivity (Wildman–Crippen MR) is 103 cm³/mol. The summed E-state index contributed by atoms with van der Waals surface area (Å²) in [6.07, 6.45) is 4.85. The Balaban J connectivity index is 1.31. The summed E-state index contributed by atoms with van der Waals surface area (Å²) in [4.78, 5) is 0. The SMILES string of the molecule is Clc1ccc(CSc2nnc(COc3ccc4c(c3)CCCC4)o2)cc1. The van der Waals surface area contributed by atoms with Crippen molar-refractivity contribution in [2.24, 2.45) is 0 Å². The van der Waals surface area contributed by atoms with Gasteiger partial charge in [0.1, 0.15) is 5.75 Å². The molecule has 0 atom stereocenters. The zero-order valence-electron chi connectivity index (χ0n) is 14.3. The average molecular weight is 387 g/mol. The smallest absolute Gasteiger partial charge is 0.277 e. The van der Waals surface area contributed by atoms with Gasteiger partial charge >= 0.3 is 0 Å². The number of fused-ring (bicyclic) bond motifs is 1. The maximum atomic E-state index is 5.90. The minimum atomic E-state index is 0.285. The fraction of sp³-hybridized carbons (Fsp3) is 0.300. The van der Waals surface area contributed by atoms with E-state index in [0.29, 0.717) is 11.1 Å². The van der Waals surface area contributed by atoms with E-state index < -0.39 is 0 Å². The third-order valence-electron chi connectivity index (χ3n) is 4.41. The summed E-state index contributed by atoms with van der Waals surface area (Å²) in [5, 5.41) is 9.41. The van der Waals surface area contributed by atoms with E-state index in [1.54, 1.807) is 0 Å². The van der Waals surface area contributed by atoms with E-state index in [1.165, 1.54) is 42.2 Å². The average Bonchev–Trinajstić information content (AvgIpc) is 3.14. The number of hydrogen-bond acceptors (Lipinski definition) is 5. The van der Waals surface area contributed by atoms with Gasteiger partial charge in [0.25, 0.3) is 11.1 Å². The molecule has 0 N–H and O–H groups in total. The quantitative estimate of drug-likeness (QED) is 0.525. The molecule has 4 nitrogen and oxygen atoms in total. The second kappa shape index (κ2) is 8.14. The molecule has 0 aliphatic heterocycles. The highest BCUT2D eigenvalue weighted by Gasteiger charge is 2.11. The van der Waals surface area contributed by atoms with Crippen LogP contribution in [0, 0.1) is 0 Å². The first-order valence-electron chi connectivity index (χ1n) is 8.70. The lowest BCUT2D eigenvalue weighted by atomic mass is 9.92. The van der Waals surface area contributed by atoms with E-state index in [9.17, 15) is 0 Å². The van der Waals surface area contributed by atoms with Crippen LogP contribution in [0.3, 0.4) is 0 Å². The highest BCUT2D eigenvalue weighted by Crippen LogP contribution is 2.26. The molecule has 2 aromatic carbocycles. The summed E-state index contributed by atoms with van der Waals surface area (Å²) < 4.78 is 11.5. The number of hydrogen-bond donors (Lipinski definition) is 0. The van der Waals surface area contributed by atoms with E-state index in [4.69, 9.17) is 20.8 Å². The summed E-state index contributed by atoms with van der Waals surface area (Å²) in [5.74, 6) is 2.10. The Morgan fingerprint density at radius 2 is 1.81 bits per heavy atom. The van der Waals surface area contributed by atoms with E-state index in [2.05, 4.69) is 22.3 Å². The Bertz CT molecular complexity index is 880. The molecule has 3 aromatic rings. The predicted octanol–water partition coefficient (Wildman–Crippen LogP) is 5.47. The zero-order valence-corrected chi connectivity index (χ0v) is 15.9. The standard InChI is InChI=1S/C20H19ClN2O2S/c21-17-8-5-14(6-9-17)13-26-20-23-22-19(25-20)12-24-18-10-7-15-3-1-2-4-16(15)11-18/h5-11H,1-4,12-13H2. The molecule has 0 fully saturated rings.